The molecule has 0 aromatic carbocycles. The second kappa shape index (κ2) is 5.04. The number of aromatic nitrogens is 2. The number of thiophene rings is 1. The summed E-state index contributed by atoms with van der Waals surface area (Å²) < 4.78 is 0. The summed E-state index contributed by atoms with van der Waals surface area (Å²) in [6.45, 7) is 0. The molecule has 0 fully saturated rings. The van der Waals surface area contributed by atoms with Crippen molar-refractivity contribution in [2.24, 2.45) is 0 Å². The van der Waals surface area contributed by atoms with E-state index in [0.29, 0.717) is 10.9 Å². The third kappa shape index (κ3) is 2.87. The van der Waals surface area contributed by atoms with E-state index in [-0.39, 0.29) is 5.78 Å². The van der Waals surface area contributed by atoms with Crippen LogP contribution in [0.25, 0.3) is 0 Å². The maximum atomic E-state index is 11.6. The van der Waals surface area contributed by atoms with E-state index < -0.39 is 0 Å². The fourth-order valence-electron chi connectivity index (χ4n) is 0.998. The smallest absolute Gasteiger partial charge is 0.187 e. The Hall–Kier alpha value is -1.20. The number of nitrogens with zero attached hydrogens (tertiary/aromatic N) is 2. The van der Waals surface area contributed by atoms with Crippen molar-refractivity contribution in [2.75, 3.05) is 5.75 Å². The van der Waals surface area contributed by atoms with Crippen molar-refractivity contribution in [3.05, 3.63) is 40.8 Å². The lowest BCUT2D eigenvalue weighted by molar-refractivity contribution is 0.102. The van der Waals surface area contributed by atoms with E-state index in [2.05, 4.69) is 9.97 Å². The van der Waals surface area contributed by atoms with Crippen molar-refractivity contribution in [3.8, 4) is 0 Å². The van der Waals surface area contributed by atoms with E-state index in [1.807, 2.05) is 17.5 Å². The Labute approximate surface area is 95.6 Å². The number of rotatable bonds is 4. The third-order valence-corrected chi connectivity index (χ3v) is 3.46. The van der Waals surface area contributed by atoms with Gasteiger partial charge in [0.15, 0.2) is 10.9 Å². The summed E-state index contributed by atoms with van der Waals surface area (Å²) in [5.74, 6) is 0.521. The highest BCUT2D eigenvalue weighted by molar-refractivity contribution is 7.99. The molecular weight excluding hydrogens is 228 g/mol. The van der Waals surface area contributed by atoms with Gasteiger partial charge in [-0.3, -0.25) is 4.79 Å². The van der Waals surface area contributed by atoms with Crippen molar-refractivity contribution < 1.29 is 4.79 Å². The highest BCUT2D eigenvalue weighted by Gasteiger charge is 2.07. The Morgan fingerprint density at radius 2 is 2.13 bits per heavy atom. The Kier molecular flexibility index (Phi) is 3.47. The average molecular weight is 236 g/mol. The van der Waals surface area contributed by atoms with Gasteiger partial charge in [0.2, 0.25) is 0 Å². The number of carbonyl (C=O) groups excluding carboxylic acids is 1. The highest BCUT2D eigenvalue weighted by Crippen LogP contribution is 2.16. The first-order chi connectivity index (χ1) is 7.36. The van der Waals surface area contributed by atoms with Crippen molar-refractivity contribution in [1.29, 1.82) is 0 Å². The van der Waals surface area contributed by atoms with Crippen molar-refractivity contribution in [1.82, 2.24) is 9.97 Å². The minimum absolute atomic E-state index is 0.127. The first-order valence-electron chi connectivity index (χ1n) is 4.33. The van der Waals surface area contributed by atoms with Crippen LogP contribution in [-0.4, -0.2) is 21.5 Å². The Bertz CT molecular complexity index is 428. The van der Waals surface area contributed by atoms with E-state index in [1.54, 1.807) is 18.5 Å². The number of thioether (sulfide) groups is 1. The molecule has 0 spiro atoms. The molecule has 2 aromatic heterocycles. The van der Waals surface area contributed by atoms with Gasteiger partial charge in [0.25, 0.3) is 0 Å². The predicted octanol–water partition coefficient (Wildman–Crippen LogP) is 2.51. The molecule has 0 radical (unpaired) electrons. The van der Waals surface area contributed by atoms with Gasteiger partial charge in [0, 0.05) is 12.4 Å². The summed E-state index contributed by atoms with van der Waals surface area (Å²) in [5, 5.41) is 2.54. The molecule has 15 heavy (non-hydrogen) atoms. The summed E-state index contributed by atoms with van der Waals surface area (Å²) in [6, 6.07) is 5.46. The number of ketones is 1. The minimum atomic E-state index is 0.127. The van der Waals surface area contributed by atoms with E-state index >= 15 is 0 Å². The maximum absolute atomic E-state index is 11.6. The molecule has 76 valence electrons. The molecule has 0 aliphatic carbocycles. The summed E-state index contributed by atoms with van der Waals surface area (Å²) in [6.07, 6.45) is 3.34. The zero-order chi connectivity index (χ0) is 10.5. The maximum Gasteiger partial charge on any atom is 0.187 e. The molecule has 2 aromatic rings. The normalized spacial score (nSPS) is 10.1. The summed E-state index contributed by atoms with van der Waals surface area (Å²) in [5.41, 5.74) is 0. The SMILES string of the molecule is O=C(CSc1ncccn1)c1cccs1. The minimum Gasteiger partial charge on any atom is -0.292 e. The predicted molar refractivity (Wildman–Crippen MR) is 61.4 cm³/mol. The molecule has 0 amide bonds. The molecule has 0 aliphatic rings. The molecule has 2 heterocycles. The van der Waals surface area contributed by atoms with Crippen molar-refractivity contribution >= 4 is 28.9 Å². The van der Waals surface area contributed by atoms with Crippen LogP contribution in [0.4, 0.5) is 0 Å². The van der Waals surface area contributed by atoms with Crippen LogP contribution in [0.15, 0.2) is 41.1 Å². The summed E-state index contributed by atoms with van der Waals surface area (Å²) in [7, 11) is 0. The molecule has 0 saturated carbocycles. The van der Waals surface area contributed by atoms with Gasteiger partial charge >= 0.3 is 0 Å². The van der Waals surface area contributed by atoms with Crippen LogP contribution in [0.1, 0.15) is 9.67 Å². The van der Waals surface area contributed by atoms with Crippen molar-refractivity contribution in [2.45, 2.75) is 5.16 Å². The zero-order valence-corrected chi connectivity index (χ0v) is 9.42. The van der Waals surface area contributed by atoms with Gasteiger partial charge in [-0.05, 0) is 17.5 Å². The topological polar surface area (TPSA) is 42.9 Å². The number of Topliss-reactive ketones (excluding diaryl/α,β-unsaturated/α-hetero) is 1. The van der Waals surface area contributed by atoms with Crippen LogP contribution >= 0.6 is 23.1 Å². The first-order valence-corrected chi connectivity index (χ1v) is 6.19. The standard InChI is InChI=1S/C10H8N2OS2/c13-8(9-3-1-6-14-9)7-15-10-11-4-2-5-12-10/h1-6H,7H2. The second-order valence-electron chi connectivity index (χ2n) is 2.72. The molecule has 2 rings (SSSR count). The number of hydrogen-bond donors (Lipinski definition) is 0. The molecule has 5 heteroatoms. The Balaban J connectivity index is 1.92. The van der Waals surface area contributed by atoms with E-state index in [4.69, 9.17) is 0 Å². The molecule has 0 bridgehead atoms. The van der Waals surface area contributed by atoms with E-state index in [1.165, 1.54) is 23.1 Å². The van der Waals surface area contributed by atoms with Crippen LogP contribution in [0.5, 0.6) is 0 Å². The van der Waals surface area contributed by atoms with Gasteiger partial charge in [-0.25, -0.2) is 9.97 Å². The van der Waals surface area contributed by atoms with Gasteiger partial charge in [0.05, 0.1) is 10.6 Å². The zero-order valence-electron chi connectivity index (χ0n) is 7.79. The quantitative estimate of drug-likeness (QED) is 0.465. The Morgan fingerprint density at radius 1 is 1.33 bits per heavy atom. The number of carbonyl (C=O) groups is 1. The monoisotopic (exact) mass is 236 g/mol. The fraction of sp³-hybridized carbons (Fsp3) is 0.100. The lowest BCUT2D eigenvalue weighted by Crippen LogP contribution is -2.00. The molecular formula is C10H8N2OS2. The van der Waals surface area contributed by atoms with E-state index in [0.717, 1.165) is 4.88 Å². The summed E-state index contributed by atoms with van der Waals surface area (Å²) in [4.78, 5) is 20.5. The van der Waals surface area contributed by atoms with Crippen LogP contribution in [-0.2, 0) is 0 Å². The molecule has 0 saturated heterocycles. The molecule has 0 aliphatic heterocycles. The third-order valence-electron chi connectivity index (χ3n) is 1.67. The summed E-state index contributed by atoms with van der Waals surface area (Å²) >= 11 is 2.82. The number of hydrogen-bond acceptors (Lipinski definition) is 5. The lowest BCUT2D eigenvalue weighted by Gasteiger charge is -1.96. The van der Waals surface area contributed by atoms with Crippen LogP contribution in [0.3, 0.4) is 0 Å². The highest BCUT2D eigenvalue weighted by atomic mass is 32.2. The molecule has 0 unspecified atom stereocenters. The van der Waals surface area contributed by atoms with Crippen LogP contribution in [0.2, 0.25) is 0 Å². The lowest BCUT2D eigenvalue weighted by atomic mass is 10.4. The van der Waals surface area contributed by atoms with Crippen molar-refractivity contribution in [3.63, 3.8) is 0 Å². The first kappa shape index (κ1) is 10.3. The van der Waals surface area contributed by atoms with Gasteiger partial charge in [-0.1, -0.05) is 17.8 Å². The molecule has 3 nitrogen and oxygen atoms in total. The van der Waals surface area contributed by atoms with Crippen LogP contribution in [0, 0.1) is 0 Å². The van der Waals surface area contributed by atoms with Gasteiger partial charge in [0.1, 0.15) is 0 Å². The van der Waals surface area contributed by atoms with E-state index in [9.17, 15) is 4.79 Å². The Morgan fingerprint density at radius 3 is 2.80 bits per heavy atom. The molecule has 0 N–H and O–H groups in total. The van der Waals surface area contributed by atoms with Gasteiger partial charge in [-0.2, -0.15) is 0 Å². The average Bonchev–Trinajstić information content (AvgIpc) is 2.81. The van der Waals surface area contributed by atoms with Crippen LogP contribution < -0.4 is 0 Å². The molecule has 0 atom stereocenters. The fourth-order valence-corrected chi connectivity index (χ4v) is 2.44. The largest absolute Gasteiger partial charge is 0.292 e. The van der Waals surface area contributed by atoms with Gasteiger partial charge < -0.3 is 0 Å². The second-order valence-corrected chi connectivity index (χ2v) is 4.61. The van der Waals surface area contributed by atoms with Gasteiger partial charge in [-0.15, -0.1) is 11.3 Å².